The van der Waals surface area contributed by atoms with Crippen LogP contribution in [0.25, 0.3) is 0 Å². The zero-order valence-corrected chi connectivity index (χ0v) is 14.3. The number of hydrogen-bond donors (Lipinski definition) is 0. The highest BCUT2D eigenvalue weighted by atomic mass is 19.4. The van der Waals surface area contributed by atoms with Crippen LogP contribution < -0.4 is 0 Å². The first-order chi connectivity index (χ1) is 12.3. The summed E-state index contributed by atoms with van der Waals surface area (Å²) in [5, 5.41) is 0. The van der Waals surface area contributed by atoms with Gasteiger partial charge in [0.1, 0.15) is 0 Å². The van der Waals surface area contributed by atoms with Crippen molar-refractivity contribution in [2.75, 3.05) is 26.2 Å². The van der Waals surface area contributed by atoms with Crippen LogP contribution in [0.1, 0.15) is 35.2 Å². The lowest BCUT2D eigenvalue weighted by atomic mass is 10.0. The summed E-state index contributed by atoms with van der Waals surface area (Å²) in [5.74, 6) is 0.113. The molecule has 0 saturated carbocycles. The molecule has 2 amide bonds. The summed E-state index contributed by atoms with van der Waals surface area (Å²) in [6, 6.07) is 4.24. The minimum Gasteiger partial charge on any atom is -0.339 e. The summed E-state index contributed by atoms with van der Waals surface area (Å²) in [7, 11) is 0. The summed E-state index contributed by atoms with van der Waals surface area (Å²) < 4.78 is 37.8. The van der Waals surface area contributed by atoms with Crippen LogP contribution in [0.15, 0.2) is 36.4 Å². The Hall–Kier alpha value is -2.31. The van der Waals surface area contributed by atoms with Gasteiger partial charge in [0.15, 0.2) is 0 Å². The van der Waals surface area contributed by atoms with Crippen LogP contribution in [0.3, 0.4) is 0 Å². The number of carbonyl (C=O) groups is 2. The van der Waals surface area contributed by atoms with E-state index >= 15 is 0 Å². The van der Waals surface area contributed by atoms with Crippen molar-refractivity contribution in [3.63, 3.8) is 0 Å². The van der Waals surface area contributed by atoms with Gasteiger partial charge in [-0.25, -0.2) is 0 Å². The standard InChI is InChI=1S/C19H21F3N2O2/c20-19(21,22)16-7-5-15(6-8-16)18(26)24-11-9-23(10-12-24)17(25)13-14-3-1-2-4-14/h1,3,5-8,14H,2,4,9-13H2. The van der Waals surface area contributed by atoms with Crippen molar-refractivity contribution in [2.45, 2.75) is 25.4 Å². The number of nitrogens with zero attached hydrogens (tertiary/aromatic N) is 2. The Balaban J connectivity index is 1.53. The van der Waals surface area contributed by atoms with Crippen LogP contribution in [0.5, 0.6) is 0 Å². The maximum absolute atomic E-state index is 12.6. The van der Waals surface area contributed by atoms with Gasteiger partial charge in [-0.3, -0.25) is 9.59 Å². The molecule has 1 aromatic rings. The second kappa shape index (κ2) is 7.51. The molecule has 1 saturated heterocycles. The number of alkyl halides is 3. The number of carbonyl (C=O) groups excluding carboxylic acids is 2. The van der Waals surface area contributed by atoms with Crippen LogP contribution in [-0.4, -0.2) is 47.8 Å². The molecule has 4 nitrogen and oxygen atoms in total. The summed E-state index contributed by atoms with van der Waals surface area (Å²) in [6.45, 7) is 1.71. The summed E-state index contributed by atoms with van der Waals surface area (Å²) in [6.07, 6.45) is 2.30. The monoisotopic (exact) mass is 366 g/mol. The van der Waals surface area contributed by atoms with E-state index in [-0.39, 0.29) is 17.4 Å². The van der Waals surface area contributed by atoms with Gasteiger partial charge in [0, 0.05) is 38.2 Å². The maximum Gasteiger partial charge on any atom is 0.416 e. The quantitative estimate of drug-likeness (QED) is 0.770. The Morgan fingerprint density at radius 2 is 1.62 bits per heavy atom. The summed E-state index contributed by atoms with van der Waals surface area (Å²) >= 11 is 0. The molecule has 0 spiro atoms. The average Bonchev–Trinajstić information content (AvgIpc) is 3.13. The van der Waals surface area contributed by atoms with Crippen molar-refractivity contribution in [2.24, 2.45) is 5.92 Å². The van der Waals surface area contributed by atoms with Gasteiger partial charge in [-0.1, -0.05) is 12.2 Å². The lowest BCUT2D eigenvalue weighted by Crippen LogP contribution is -2.50. The van der Waals surface area contributed by atoms with Crippen molar-refractivity contribution in [3.05, 3.63) is 47.5 Å². The number of amides is 2. The highest BCUT2D eigenvalue weighted by molar-refractivity contribution is 5.94. The van der Waals surface area contributed by atoms with E-state index in [9.17, 15) is 22.8 Å². The number of piperazine rings is 1. The summed E-state index contributed by atoms with van der Waals surface area (Å²) in [5.41, 5.74) is -0.542. The number of benzene rings is 1. The maximum atomic E-state index is 12.6. The lowest BCUT2D eigenvalue weighted by molar-refractivity contribution is -0.137. The van der Waals surface area contributed by atoms with E-state index in [1.807, 2.05) is 0 Å². The predicted molar refractivity (Wildman–Crippen MR) is 90.4 cm³/mol. The normalized spacial score (nSPS) is 20.5. The van der Waals surface area contributed by atoms with Crippen molar-refractivity contribution in [1.29, 1.82) is 0 Å². The zero-order valence-electron chi connectivity index (χ0n) is 14.3. The third-order valence-corrected chi connectivity index (χ3v) is 4.93. The number of hydrogen-bond acceptors (Lipinski definition) is 2. The third kappa shape index (κ3) is 4.26. The highest BCUT2D eigenvalue weighted by Gasteiger charge is 2.31. The molecule has 140 valence electrons. The summed E-state index contributed by atoms with van der Waals surface area (Å²) in [4.78, 5) is 28.1. The van der Waals surface area contributed by atoms with E-state index in [1.54, 1.807) is 9.80 Å². The molecule has 3 rings (SSSR count). The highest BCUT2D eigenvalue weighted by Crippen LogP contribution is 2.29. The molecule has 2 aliphatic rings. The molecule has 1 fully saturated rings. The Morgan fingerprint density at radius 1 is 1.00 bits per heavy atom. The molecule has 0 N–H and O–H groups in total. The van der Waals surface area contributed by atoms with E-state index in [0.29, 0.717) is 38.5 Å². The number of halogens is 3. The minimum atomic E-state index is -4.41. The average molecular weight is 366 g/mol. The molecule has 26 heavy (non-hydrogen) atoms. The number of allylic oxidation sites excluding steroid dienone is 2. The molecule has 0 radical (unpaired) electrons. The van der Waals surface area contributed by atoms with Crippen molar-refractivity contribution >= 4 is 11.8 Å². The molecule has 1 aliphatic heterocycles. The fourth-order valence-electron chi connectivity index (χ4n) is 3.36. The van der Waals surface area contributed by atoms with Crippen LogP contribution >= 0.6 is 0 Å². The van der Waals surface area contributed by atoms with E-state index < -0.39 is 11.7 Å². The van der Waals surface area contributed by atoms with Crippen LogP contribution in [0, 0.1) is 5.92 Å². The fourth-order valence-corrected chi connectivity index (χ4v) is 3.36. The Kier molecular flexibility index (Phi) is 5.34. The SMILES string of the molecule is O=C(CC1C=CCC1)N1CCN(C(=O)c2ccc(C(F)(F)F)cc2)CC1. The topological polar surface area (TPSA) is 40.6 Å². The Labute approximate surface area is 150 Å². The molecule has 7 heteroatoms. The second-order valence-electron chi connectivity index (χ2n) is 6.72. The Morgan fingerprint density at radius 3 is 2.15 bits per heavy atom. The molecule has 1 heterocycles. The minimum absolute atomic E-state index is 0.100. The molecule has 1 atom stereocenters. The lowest BCUT2D eigenvalue weighted by Gasteiger charge is -2.35. The number of rotatable bonds is 3. The van der Waals surface area contributed by atoms with Crippen LogP contribution in [0.2, 0.25) is 0 Å². The zero-order chi connectivity index (χ0) is 18.7. The second-order valence-corrected chi connectivity index (χ2v) is 6.72. The smallest absolute Gasteiger partial charge is 0.339 e. The molecule has 1 aliphatic carbocycles. The molecule has 0 aromatic heterocycles. The molecule has 1 unspecified atom stereocenters. The predicted octanol–water partition coefficient (Wildman–Crippen LogP) is 3.35. The molecule has 1 aromatic carbocycles. The first-order valence-corrected chi connectivity index (χ1v) is 8.75. The first-order valence-electron chi connectivity index (χ1n) is 8.75. The molecule has 0 bridgehead atoms. The van der Waals surface area contributed by atoms with Crippen LogP contribution in [-0.2, 0) is 11.0 Å². The van der Waals surface area contributed by atoms with Gasteiger partial charge in [-0.15, -0.1) is 0 Å². The van der Waals surface area contributed by atoms with Gasteiger partial charge in [-0.2, -0.15) is 13.2 Å². The fraction of sp³-hybridized carbons (Fsp3) is 0.474. The van der Waals surface area contributed by atoms with Crippen molar-refractivity contribution < 1.29 is 22.8 Å². The van der Waals surface area contributed by atoms with Gasteiger partial charge in [-0.05, 0) is 43.0 Å². The van der Waals surface area contributed by atoms with Crippen molar-refractivity contribution in [3.8, 4) is 0 Å². The third-order valence-electron chi connectivity index (χ3n) is 4.93. The van der Waals surface area contributed by atoms with Gasteiger partial charge in [0.25, 0.3) is 5.91 Å². The van der Waals surface area contributed by atoms with Crippen LogP contribution in [0.4, 0.5) is 13.2 Å². The van der Waals surface area contributed by atoms with E-state index in [1.165, 1.54) is 12.1 Å². The molecular weight excluding hydrogens is 345 g/mol. The Bertz CT molecular complexity index is 690. The van der Waals surface area contributed by atoms with Gasteiger partial charge in [0.2, 0.25) is 5.91 Å². The van der Waals surface area contributed by atoms with Gasteiger partial charge >= 0.3 is 6.18 Å². The largest absolute Gasteiger partial charge is 0.416 e. The van der Waals surface area contributed by atoms with Gasteiger partial charge < -0.3 is 9.80 Å². The van der Waals surface area contributed by atoms with E-state index in [4.69, 9.17) is 0 Å². The van der Waals surface area contributed by atoms with Crippen molar-refractivity contribution in [1.82, 2.24) is 9.80 Å². The van der Waals surface area contributed by atoms with E-state index in [0.717, 1.165) is 25.0 Å². The van der Waals surface area contributed by atoms with Gasteiger partial charge in [0.05, 0.1) is 5.56 Å². The first kappa shape index (κ1) is 18.5. The van der Waals surface area contributed by atoms with E-state index in [2.05, 4.69) is 12.2 Å². The molecular formula is C19H21F3N2O2.